The number of amides is 3. The Labute approximate surface area is 144 Å². The zero-order chi connectivity index (χ0) is 18.2. The maximum atomic E-state index is 12.7. The maximum Gasteiger partial charge on any atom is 0.325 e. The molecule has 1 aliphatic rings. The van der Waals surface area contributed by atoms with E-state index in [-0.39, 0.29) is 12.3 Å². The number of nitrogens with one attached hydrogen (secondary N) is 1. The summed E-state index contributed by atoms with van der Waals surface area (Å²) >= 11 is 0. The van der Waals surface area contributed by atoms with Crippen molar-refractivity contribution in [2.24, 2.45) is 0 Å². The SMILES string of the molecule is COc1ccc(C)cc1C(=O)CN1C(=O)N[C@@](C)(c2ccco2)C1=O. The van der Waals surface area contributed by atoms with Crippen LogP contribution in [0, 0.1) is 6.92 Å². The molecule has 0 aliphatic carbocycles. The van der Waals surface area contributed by atoms with Crippen molar-refractivity contribution in [3.05, 3.63) is 53.5 Å². The average molecular weight is 342 g/mol. The number of imide groups is 1. The first-order chi connectivity index (χ1) is 11.9. The van der Waals surface area contributed by atoms with Crippen molar-refractivity contribution in [2.75, 3.05) is 13.7 Å². The van der Waals surface area contributed by atoms with E-state index in [2.05, 4.69) is 5.32 Å². The second-order valence-corrected chi connectivity index (χ2v) is 6.05. The number of Topliss-reactive ketones (excluding diaryl/α,β-unsaturated/α-hetero) is 1. The third-order valence-electron chi connectivity index (χ3n) is 4.25. The molecule has 0 bridgehead atoms. The van der Waals surface area contributed by atoms with Gasteiger partial charge in [-0.1, -0.05) is 11.6 Å². The van der Waals surface area contributed by atoms with Crippen LogP contribution in [0.2, 0.25) is 0 Å². The van der Waals surface area contributed by atoms with E-state index in [9.17, 15) is 14.4 Å². The minimum atomic E-state index is -1.32. The highest BCUT2D eigenvalue weighted by Gasteiger charge is 2.51. The standard InChI is InChI=1S/C18H18N2O5/c1-11-6-7-14(24-3)12(9-11)13(21)10-20-16(22)18(2,19-17(20)23)15-5-4-8-25-15/h4-9H,10H2,1-3H3,(H,19,23)/t18-/m0/s1. The van der Waals surface area contributed by atoms with Gasteiger partial charge in [-0.15, -0.1) is 0 Å². The molecule has 0 unspecified atom stereocenters. The number of aryl methyl sites for hydroxylation is 1. The van der Waals surface area contributed by atoms with Gasteiger partial charge in [-0.05, 0) is 38.1 Å². The number of hydrogen-bond donors (Lipinski definition) is 1. The number of ether oxygens (including phenoxy) is 1. The molecule has 1 fully saturated rings. The van der Waals surface area contributed by atoms with Crippen LogP contribution in [-0.2, 0) is 10.3 Å². The molecule has 2 aromatic rings. The summed E-state index contributed by atoms with van der Waals surface area (Å²) in [5.74, 6) is -0.203. The minimum Gasteiger partial charge on any atom is -0.496 e. The lowest BCUT2D eigenvalue weighted by Gasteiger charge is -2.19. The molecule has 1 atom stereocenters. The van der Waals surface area contributed by atoms with E-state index in [0.29, 0.717) is 17.1 Å². The fourth-order valence-corrected chi connectivity index (χ4v) is 2.84. The minimum absolute atomic E-state index is 0.314. The summed E-state index contributed by atoms with van der Waals surface area (Å²) in [5.41, 5.74) is -0.117. The second kappa shape index (κ2) is 6.08. The molecule has 1 N–H and O–H groups in total. The summed E-state index contributed by atoms with van der Waals surface area (Å²) in [5, 5.41) is 2.59. The summed E-state index contributed by atoms with van der Waals surface area (Å²) in [6.07, 6.45) is 1.42. The van der Waals surface area contributed by atoms with E-state index >= 15 is 0 Å². The van der Waals surface area contributed by atoms with Crippen LogP contribution in [0.5, 0.6) is 5.75 Å². The molecule has 0 spiro atoms. The summed E-state index contributed by atoms with van der Waals surface area (Å²) in [4.78, 5) is 38.5. The van der Waals surface area contributed by atoms with Crippen LogP contribution in [0.4, 0.5) is 4.79 Å². The molecule has 1 aromatic carbocycles. The molecular formula is C18H18N2O5. The van der Waals surface area contributed by atoms with Gasteiger partial charge in [0.05, 0.1) is 25.5 Å². The number of carbonyl (C=O) groups excluding carboxylic acids is 3. The monoisotopic (exact) mass is 342 g/mol. The van der Waals surface area contributed by atoms with Crippen molar-refractivity contribution in [3.63, 3.8) is 0 Å². The van der Waals surface area contributed by atoms with Gasteiger partial charge < -0.3 is 14.5 Å². The van der Waals surface area contributed by atoms with E-state index < -0.39 is 17.5 Å². The summed E-state index contributed by atoms with van der Waals surface area (Å²) in [6, 6.07) is 7.77. The first-order valence-electron chi connectivity index (χ1n) is 7.72. The molecule has 3 rings (SSSR count). The summed E-state index contributed by atoms with van der Waals surface area (Å²) in [7, 11) is 1.46. The number of methoxy groups -OCH3 is 1. The zero-order valence-corrected chi connectivity index (χ0v) is 14.2. The summed E-state index contributed by atoms with van der Waals surface area (Å²) < 4.78 is 10.5. The Morgan fingerprint density at radius 2 is 2.08 bits per heavy atom. The number of urea groups is 1. The quantitative estimate of drug-likeness (QED) is 0.665. The van der Waals surface area contributed by atoms with Gasteiger partial charge in [-0.3, -0.25) is 14.5 Å². The fraction of sp³-hybridized carbons (Fsp3) is 0.278. The van der Waals surface area contributed by atoms with Crippen molar-refractivity contribution >= 4 is 17.7 Å². The Hall–Kier alpha value is -3.09. The van der Waals surface area contributed by atoms with Gasteiger partial charge in [0, 0.05) is 0 Å². The van der Waals surface area contributed by atoms with Crippen molar-refractivity contribution in [1.29, 1.82) is 0 Å². The fourth-order valence-electron chi connectivity index (χ4n) is 2.84. The number of rotatable bonds is 5. The van der Waals surface area contributed by atoms with Crippen molar-refractivity contribution in [2.45, 2.75) is 19.4 Å². The highest BCUT2D eigenvalue weighted by Crippen LogP contribution is 2.29. The number of hydrogen-bond acceptors (Lipinski definition) is 5. The molecule has 130 valence electrons. The molecule has 25 heavy (non-hydrogen) atoms. The molecule has 1 aromatic heterocycles. The van der Waals surface area contributed by atoms with Crippen LogP contribution >= 0.6 is 0 Å². The second-order valence-electron chi connectivity index (χ2n) is 6.05. The van der Waals surface area contributed by atoms with Crippen LogP contribution in [0.3, 0.4) is 0 Å². The molecule has 1 aliphatic heterocycles. The molecule has 3 amide bonds. The zero-order valence-electron chi connectivity index (χ0n) is 14.2. The number of furan rings is 1. The third-order valence-corrected chi connectivity index (χ3v) is 4.25. The van der Waals surface area contributed by atoms with Gasteiger partial charge in [0.25, 0.3) is 5.91 Å². The topological polar surface area (TPSA) is 88.8 Å². The van der Waals surface area contributed by atoms with E-state index in [0.717, 1.165) is 10.5 Å². The van der Waals surface area contributed by atoms with Gasteiger partial charge >= 0.3 is 6.03 Å². The highest BCUT2D eigenvalue weighted by atomic mass is 16.5. The van der Waals surface area contributed by atoms with Gasteiger partial charge in [-0.2, -0.15) is 0 Å². The van der Waals surface area contributed by atoms with E-state index in [1.807, 2.05) is 13.0 Å². The smallest absolute Gasteiger partial charge is 0.325 e. The Morgan fingerprint density at radius 1 is 1.32 bits per heavy atom. The lowest BCUT2D eigenvalue weighted by molar-refractivity contribution is -0.131. The number of ketones is 1. The maximum absolute atomic E-state index is 12.7. The molecule has 1 saturated heterocycles. The lowest BCUT2D eigenvalue weighted by Crippen LogP contribution is -2.41. The van der Waals surface area contributed by atoms with Crippen LogP contribution in [0.1, 0.15) is 28.6 Å². The molecule has 7 heteroatoms. The van der Waals surface area contributed by atoms with E-state index in [1.54, 1.807) is 31.2 Å². The molecular weight excluding hydrogens is 324 g/mol. The number of carbonyl (C=O) groups is 3. The predicted molar refractivity (Wildman–Crippen MR) is 88.4 cm³/mol. The Bertz CT molecular complexity index is 843. The summed E-state index contributed by atoms with van der Waals surface area (Å²) in [6.45, 7) is 3.02. The number of nitrogens with zero attached hydrogens (tertiary/aromatic N) is 1. The lowest BCUT2D eigenvalue weighted by atomic mass is 9.99. The van der Waals surface area contributed by atoms with Gasteiger partial charge in [0.1, 0.15) is 11.5 Å². The Balaban J connectivity index is 1.86. The van der Waals surface area contributed by atoms with Crippen LogP contribution in [0.15, 0.2) is 41.0 Å². The Morgan fingerprint density at radius 3 is 2.72 bits per heavy atom. The normalized spacial score (nSPS) is 19.9. The molecule has 0 radical (unpaired) electrons. The molecule has 7 nitrogen and oxygen atoms in total. The van der Waals surface area contributed by atoms with Crippen molar-refractivity contribution in [3.8, 4) is 5.75 Å². The van der Waals surface area contributed by atoms with E-state index in [4.69, 9.17) is 9.15 Å². The molecule has 0 saturated carbocycles. The first-order valence-corrected chi connectivity index (χ1v) is 7.72. The third kappa shape index (κ3) is 2.77. The van der Waals surface area contributed by atoms with Crippen molar-refractivity contribution in [1.82, 2.24) is 10.2 Å². The average Bonchev–Trinajstić information content (AvgIpc) is 3.19. The van der Waals surface area contributed by atoms with Crippen LogP contribution in [-0.4, -0.2) is 36.3 Å². The van der Waals surface area contributed by atoms with Crippen molar-refractivity contribution < 1.29 is 23.5 Å². The van der Waals surface area contributed by atoms with Crippen LogP contribution in [0.25, 0.3) is 0 Å². The Kier molecular flexibility index (Phi) is 4.08. The van der Waals surface area contributed by atoms with Gasteiger partial charge in [0.2, 0.25) is 0 Å². The first kappa shape index (κ1) is 16.8. The van der Waals surface area contributed by atoms with Gasteiger partial charge in [0.15, 0.2) is 11.3 Å². The van der Waals surface area contributed by atoms with Gasteiger partial charge in [-0.25, -0.2) is 4.79 Å². The van der Waals surface area contributed by atoms with Crippen LogP contribution < -0.4 is 10.1 Å². The van der Waals surface area contributed by atoms with E-state index in [1.165, 1.54) is 13.4 Å². The number of benzene rings is 1. The predicted octanol–water partition coefficient (Wildman–Crippen LogP) is 2.25. The molecule has 2 heterocycles. The largest absolute Gasteiger partial charge is 0.496 e. The highest BCUT2D eigenvalue weighted by molar-refractivity contribution is 6.11.